The summed E-state index contributed by atoms with van der Waals surface area (Å²) in [7, 11) is 0. The van der Waals surface area contributed by atoms with Gasteiger partial charge in [-0.05, 0) is 25.0 Å². The Hall–Kier alpha value is -2.30. The van der Waals surface area contributed by atoms with Gasteiger partial charge in [0.05, 0.1) is 23.7 Å². The van der Waals surface area contributed by atoms with Crippen LogP contribution >= 0.6 is 0 Å². The van der Waals surface area contributed by atoms with Gasteiger partial charge in [0.15, 0.2) is 11.6 Å². The fraction of sp³-hybridized carbons (Fsp3) is 0.250. The number of nitrogen functional groups attached to an aromatic ring is 1. The summed E-state index contributed by atoms with van der Waals surface area (Å²) in [6, 6.07) is 7.37. The van der Waals surface area contributed by atoms with E-state index in [9.17, 15) is 8.78 Å². The highest BCUT2D eigenvalue weighted by molar-refractivity contribution is 5.75. The summed E-state index contributed by atoms with van der Waals surface area (Å²) < 4.78 is 32.9. The largest absolute Gasteiger partial charge is 0.490 e. The van der Waals surface area contributed by atoms with E-state index < -0.39 is 11.6 Å². The Morgan fingerprint density at radius 2 is 1.95 bits per heavy atom. The maximum atomic E-state index is 13.8. The standard InChI is InChI=1S/C16H18F2N2O/c1-3-7-21-15-9-14(13(19)8-12(15)18)20-16-10(2)5-4-6-11(16)17/h4-6,8-9,20H,3,7,19H2,1-2H3. The zero-order chi connectivity index (χ0) is 15.4. The molecule has 0 aromatic heterocycles. The maximum absolute atomic E-state index is 13.8. The molecule has 0 aliphatic heterocycles. The minimum absolute atomic E-state index is 0.0996. The smallest absolute Gasteiger partial charge is 0.167 e. The highest BCUT2D eigenvalue weighted by atomic mass is 19.1. The minimum Gasteiger partial charge on any atom is -0.490 e. The van der Waals surface area contributed by atoms with Crippen LogP contribution in [0.1, 0.15) is 18.9 Å². The van der Waals surface area contributed by atoms with Crippen molar-refractivity contribution in [2.75, 3.05) is 17.7 Å². The third-order valence-electron chi connectivity index (χ3n) is 3.05. The first-order chi connectivity index (χ1) is 10.0. The summed E-state index contributed by atoms with van der Waals surface area (Å²) in [4.78, 5) is 0. The van der Waals surface area contributed by atoms with E-state index in [1.807, 2.05) is 6.92 Å². The van der Waals surface area contributed by atoms with E-state index in [1.54, 1.807) is 19.1 Å². The van der Waals surface area contributed by atoms with Crippen molar-refractivity contribution in [3.05, 3.63) is 47.5 Å². The number of hydrogen-bond acceptors (Lipinski definition) is 3. The second kappa shape index (κ2) is 6.43. The molecule has 0 saturated heterocycles. The van der Waals surface area contributed by atoms with Crippen LogP contribution in [0.5, 0.6) is 5.75 Å². The summed E-state index contributed by atoms with van der Waals surface area (Å²) in [5, 5.41) is 2.91. The predicted octanol–water partition coefficient (Wildman–Crippen LogP) is 4.39. The van der Waals surface area contributed by atoms with Gasteiger partial charge in [0, 0.05) is 12.1 Å². The van der Waals surface area contributed by atoms with Crippen molar-refractivity contribution in [2.24, 2.45) is 0 Å². The molecule has 0 bridgehead atoms. The van der Waals surface area contributed by atoms with E-state index in [-0.39, 0.29) is 11.4 Å². The van der Waals surface area contributed by atoms with E-state index in [0.717, 1.165) is 12.0 Å². The van der Waals surface area contributed by atoms with E-state index in [2.05, 4.69) is 5.32 Å². The van der Waals surface area contributed by atoms with Crippen LogP contribution in [0.4, 0.5) is 25.8 Å². The second-order valence-corrected chi connectivity index (χ2v) is 4.78. The molecule has 0 aliphatic carbocycles. The molecule has 0 saturated carbocycles. The van der Waals surface area contributed by atoms with Gasteiger partial charge < -0.3 is 15.8 Å². The zero-order valence-corrected chi connectivity index (χ0v) is 12.0. The first kappa shape index (κ1) is 15.1. The van der Waals surface area contributed by atoms with Crippen LogP contribution in [0.25, 0.3) is 0 Å². The van der Waals surface area contributed by atoms with Crippen LogP contribution < -0.4 is 15.8 Å². The van der Waals surface area contributed by atoms with Crippen molar-refractivity contribution in [2.45, 2.75) is 20.3 Å². The van der Waals surface area contributed by atoms with Crippen LogP contribution in [0.15, 0.2) is 30.3 Å². The lowest BCUT2D eigenvalue weighted by molar-refractivity contribution is 0.301. The Labute approximate surface area is 122 Å². The lowest BCUT2D eigenvalue weighted by Gasteiger charge is -2.15. The Bertz CT molecular complexity index is 624. The first-order valence-electron chi connectivity index (χ1n) is 6.77. The van der Waals surface area contributed by atoms with E-state index in [1.165, 1.54) is 18.2 Å². The number of ether oxygens (including phenoxy) is 1. The molecular weight excluding hydrogens is 274 g/mol. The van der Waals surface area contributed by atoms with Crippen molar-refractivity contribution in [1.29, 1.82) is 0 Å². The monoisotopic (exact) mass is 292 g/mol. The van der Waals surface area contributed by atoms with Crippen molar-refractivity contribution in [3.63, 3.8) is 0 Å². The van der Waals surface area contributed by atoms with Gasteiger partial charge in [-0.15, -0.1) is 0 Å². The maximum Gasteiger partial charge on any atom is 0.167 e. The molecule has 0 spiro atoms. The van der Waals surface area contributed by atoms with Crippen molar-refractivity contribution < 1.29 is 13.5 Å². The number of halogens is 2. The summed E-state index contributed by atoms with van der Waals surface area (Å²) in [6.07, 6.45) is 0.763. The lowest BCUT2D eigenvalue weighted by atomic mass is 10.1. The Kier molecular flexibility index (Phi) is 4.62. The van der Waals surface area contributed by atoms with Gasteiger partial charge in [-0.2, -0.15) is 0 Å². The summed E-state index contributed by atoms with van der Waals surface area (Å²) >= 11 is 0. The second-order valence-electron chi connectivity index (χ2n) is 4.78. The van der Waals surface area contributed by atoms with Crippen LogP contribution in [0, 0.1) is 18.6 Å². The SMILES string of the molecule is CCCOc1cc(Nc2c(C)cccc2F)c(N)cc1F. The topological polar surface area (TPSA) is 47.3 Å². The molecule has 112 valence electrons. The number of para-hydroxylation sites is 1. The number of nitrogens with one attached hydrogen (secondary N) is 1. The van der Waals surface area contributed by atoms with Gasteiger partial charge in [-0.1, -0.05) is 19.1 Å². The normalized spacial score (nSPS) is 10.5. The lowest BCUT2D eigenvalue weighted by Crippen LogP contribution is -2.03. The minimum atomic E-state index is -0.531. The van der Waals surface area contributed by atoms with Crippen LogP contribution in [-0.2, 0) is 0 Å². The third kappa shape index (κ3) is 3.42. The molecule has 2 aromatic carbocycles. The predicted molar refractivity (Wildman–Crippen MR) is 81.0 cm³/mol. The van der Waals surface area contributed by atoms with Gasteiger partial charge in [-0.3, -0.25) is 0 Å². The molecule has 2 rings (SSSR count). The molecule has 21 heavy (non-hydrogen) atoms. The molecule has 0 atom stereocenters. The highest BCUT2D eigenvalue weighted by Gasteiger charge is 2.12. The molecular formula is C16H18F2N2O. The van der Waals surface area contributed by atoms with Crippen LogP contribution in [0.2, 0.25) is 0 Å². The fourth-order valence-corrected chi connectivity index (χ4v) is 1.92. The molecule has 0 heterocycles. The molecule has 2 aromatic rings. The summed E-state index contributed by atoms with van der Waals surface area (Å²) in [5.74, 6) is -0.825. The van der Waals surface area contributed by atoms with Crippen LogP contribution in [-0.4, -0.2) is 6.61 Å². The van der Waals surface area contributed by atoms with Crippen molar-refractivity contribution in [1.82, 2.24) is 0 Å². The molecule has 0 radical (unpaired) electrons. The number of anilines is 3. The van der Waals surface area contributed by atoms with E-state index >= 15 is 0 Å². The number of nitrogens with two attached hydrogens (primary N) is 1. The van der Waals surface area contributed by atoms with E-state index in [4.69, 9.17) is 10.5 Å². The molecule has 5 heteroatoms. The fourth-order valence-electron chi connectivity index (χ4n) is 1.92. The average molecular weight is 292 g/mol. The van der Waals surface area contributed by atoms with Gasteiger partial charge >= 0.3 is 0 Å². The first-order valence-corrected chi connectivity index (χ1v) is 6.77. The number of aryl methyl sites for hydroxylation is 1. The third-order valence-corrected chi connectivity index (χ3v) is 3.05. The molecule has 0 unspecified atom stereocenters. The number of hydrogen-bond donors (Lipinski definition) is 2. The van der Waals surface area contributed by atoms with Crippen LogP contribution in [0.3, 0.4) is 0 Å². The quantitative estimate of drug-likeness (QED) is 0.804. The molecule has 0 fully saturated rings. The molecule has 0 amide bonds. The van der Waals surface area contributed by atoms with Gasteiger partial charge in [0.2, 0.25) is 0 Å². The molecule has 0 aliphatic rings. The molecule has 3 N–H and O–H groups in total. The van der Waals surface area contributed by atoms with Gasteiger partial charge in [0.1, 0.15) is 5.82 Å². The summed E-state index contributed by atoms with van der Waals surface area (Å²) in [5.41, 5.74) is 7.44. The number of rotatable bonds is 5. The van der Waals surface area contributed by atoms with Crippen molar-refractivity contribution in [3.8, 4) is 5.75 Å². The van der Waals surface area contributed by atoms with Gasteiger partial charge in [0.25, 0.3) is 0 Å². The highest BCUT2D eigenvalue weighted by Crippen LogP contribution is 2.32. The molecule has 3 nitrogen and oxygen atoms in total. The zero-order valence-electron chi connectivity index (χ0n) is 12.0. The number of benzene rings is 2. The Balaban J connectivity index is 2.35. The Morgan fingerprint density at radius 1 is 1.19 bits per heavy atom. The van der Waals surface area contributed by atoms with Gasteiger partial charge in [-0.25, -0.2) is 8.78 Å². The average Bonchev–Trinajstić information content (AvgIpc) is 2.44. The summed E-state index contributed by atoms with van der Waals surface area (Å²) in [6.45, 7) is 4.11. The van der Waals surface area contributed by atoms with E-state index in [0.29, 0.717) is 18.0 Å². The Morgan fingerprint density at radius 3 is 2.62 bits per heavy atom. The van der Waals surface area contributed by atoms with Crippen molar-refractivity contribution >= 4 is 17.1 Å².